The lowest BCUT2D eigenvalue weighted by Gasteiger charge is -2.01. The van der Waals surface area contributed by atoms with E-state index in [2.05, 4.69) is 0 Å². The number of rotatable bonds is 2. The van der Waals surface area contributed by atoms with E-state index < -0.39 is 5.97 Å². The Bertz CT molecular complexity index is 582. The summed E-state index contributed by atoms with van der Waals surface area (Å²) in [5.41, 5.74) is 0.718. The summed E-state index contributed by atoms with van der Waals surface area (Å²) >= 11 is 1.08. The van der Waals surface area contributed by atoms with E-state index >= 15 is 0 Å². The summed E-state index contributed by atoms with van der Waals surface area (Å²) in [6, 6.07) is 4.94. The lowest BCUT2D eigenvalue weighted by Crippen LogP contribution is -2.12. The number of carbonyl (C=O) groups is 1. The van der Waals surface area contributed by atoms with Gasteiger partial charge >= 0.3 is 10.8 Å². The van der Waals surface area contributed by atoms with Gasteiger partial charge in [0, 0.05) is 6.54 Å². The monoisotopic (exact) mass is 223 g/mol. The first-order valence-corrected chi connectivity index (χ1v) is 5.32. The molecule has 2 aromatic rings. The number of aryl methyl sites for hydroxylation is 1. The summed E-state index contributed by atoms with van der Waals surface area (Å²) in [4.78, 5) is 22.4. The molecule has 0 aliphatic rings. The third kappa shape index (κ3) is 1.45. The zero-order chi connectivity index (χ0) is 11.0. The number of fused-ring (bicyclic) bond motifs is 1. The number of nitrogens with zero attached hydrogens (tertiary/aromatic N) is 1. The van der Waals surface area contributed by atoms with Crippen LogP contribution in [-0.2, 0) is 6.54 Å². The van der Waals surface area contributed by atoms with Gasteiger partial charge in [-0.2, -0.15) is 0 Å². The minimum atomic E-state index is -0.999. The summed E-state index contributed by atoms with van der Waals surface area (Å²) in [6.45, 7) is 2.31. The number of benzene rings is 1. The summed E-state index contributed by atoms with van der Waals surface area (Å²) in [7, 11) is 0. The summed E-state index contributed by atoms with van der Waals surface area (Å²) in [5.74, 6) is -0.999. The van der Waals surface area contributed by atoms with Gasteiger partial charge in [-0.3, -0.25) is 9.36 Å². The predicted octanol–water partition coefficient (Wildman–Crippen LogP) is 1.78. The topological polar surface area (TPSA) is 59.3 Å². The van der Waals surface area contributed by atoms with E-state index in [1.165, 1.54) is 10.6 Å². The van der Waals surface area contributed by atoms with E-state index in [4.69, 9.17) is 5.11 Å². The fourth-order valence-electron chi connectivity index (χ4n) is 1.58. The molecule has 78 valence electrons. The van der Waals surface area contributed by atoms with Crippen LogP contribution in [-0.4, -0.2) is 15.6 Å². The van der Waals surface area contributed by atoms with Gasteiger partial charge in [-0.1, -0.05) is 17.4 Å². The van der Waals surface area contributed by atoms with Crippen molar-refractivity contribution in [3.63, 3.8) is 0 Å². The quantitative estimate of drug-likeness (QED) is 0.844. The third-order valence-electron chi connectivity index (χ3n) is 2.23. The molecule has 0 unspecified atom stereocenters. The molecule has 0 amide bonds. The fourth-order valence-corrected chi connectivity index (χ4v) is 2.57. The molecule has 4 nitrogen and oxygen atoms in total. The summed E-state index contributed by atoms with van der Waals surface area (Å²) in [6.07, 6.45) is 0. The smallest absolute Gasteiger partial charge is 0.337 e. The first-order valence-electron chi connectivity index (χ1n) is 4.50. The van der Waals surface area contributed by atoms with Gasteiger partial charge in [0.2, 0.25) is 0 Å². The van der Waals surface area contributed by atoms with Crippen molar-refractivity contribution in [2.75, 3.05) is 0 Å². The standard InChI is InChI=1S/C10H9NO3S/c1-2-11-8-6(9(12)13)4-3-5-7(8)15-10(11)14/h3-5H,2H2,1H3,(H,12,13). The van der Waals surface area contributed by atoms with Crippen LogP contribution in [0.1, 0.15) is 17.3 Å². The highest BCUT2D eigenvalue weighted by atomic mass is 32.1. The first-order chi connectivity index (χ1) is 7.15. The molecule has 15 heavy (non-hydrogen) atoms. The maximum Gasteiger partial charge on any atom is 0.337 e. The lowest BCUT2D eigenvalue weighted by molar-refractivity contribution is 0.0698. The Morgan fingerprint density at radius 3 is 2.87 bits per heavy atom. The Labute approximate surface area is 89.4 Å². The number of para-hydroxylation sites is 1. The molecule has 0 radical (unpaired) electrons. The highest BCUT2D eigenvalue weighted by molar-refractivity contribution is 7.16. The molecule has 1 heterocycles. The molecule has 0 fully saturated rings. The summed E-state index contributed by atoms with van der Waals surface area (Å²) in [5, 5.41) is 9.00. The molecule has 0 saturated carbocycles. The number of aromatic nitrogens is 1. The molecule has 0 atom stereocenters. The van der Waals surface area contributed by atoms with E-state index in [1.807, 2.05) is 6.92 Å². The van der Waals surface area contributed by atoms with E-state index in [9.17, 15) is 9.59 Å². The van der Waals surface area contributed by atoms with Crippen molar-refractivity contribution in [2.24, 2.45) is 0 Å². The third-order valence-corrected chi connectivity index (χ3v) is 3.18. The number of thiazole rings is 1. The second-order valence-electron chi connectivity index (χ2n) is 3.07. The second kappa shape index (κ2) is 3.51. The molecule has 0 aliphatic carbocycles. The zero-order valence-corrected chi connectivity index (χ0v) is 8.87. The molecular weight excluding hydrogens is 214 g/mol. The van der Waals surface area contributed by atoms with Crippen molar-refractivity contribution < 1.29 is 9.90 Å². The van der Waals surface area contributed by atoms with E-state index in [-0.39, 0.29) is 10.4 Å². The highest BCUT2D eigenvalue weighted by Gasteiger charge is 2.14. The maximum atomic E-state index is 11.5. The average Bonchev–Trinajstić information content (AvgIpc) is 2.52. The van der Waals surface area contributed by atoms with E-state index in [0.717, 1.165) is 16.0 Å². The van der Waals surface area contributed by atoms with Crippen molar-refractivity contribution >= 4 is 27.5 Å². The van der Waals surface area contributed by atoms with Crippen LogP contribution in [0.2, 0.25) is 0 Å². The number of carboxylic acids is 1. The van der Waals surface area contributed by atoms with E-state index in [1.54, 1.807) is 12.1 Å². The van der Waals surface area contributed by atoms with Crippen molar-refractivity contribution in [2.45, 2.75) is 13.5 Å². The average molecular weight is 223 g/mol. The Kier molecular flexibility index (Phi) is 2.32. The molecule has 0 saturated heterocycles. The van der Waals surface area contributed by atoms with Crippen LogP contribution in [0.5, 0.6) is 0 Å². The van der Waals surface area contributed by atoms with Crippen LogP contribution < -0.4 is 4.87 Å². The normalized spacial score (nSPS) is 10.7. The van der Waals surface area contributed by atoms with Crippen molar-refractivity contribution in [3.8, 4) is 0 Å². The van der Waals surface area contributed by atoms with Crippen LogP contribution in [0.25, 0.3) is 10.2 Å². The highest BCUT2D eigenvalue weighted by Crippen LogP contribution is 2.21. The fraction of sp³-hybridized carbons (Fsp3) is 0.200. The minimum absolute atomic E-state index is 0.110. The maximum absolute atomic E-state index is 11.5. The van der Waals surface area contributed by atoms with Crippen LogP contribution in [0, 0.1) is 0 Å². The number of hydrogen-bond donors (Lipinski definition) is 1. The SMILES string of the molecule is CCn1c(=O)sc2cccc(C(=O)O)c21. The first kappa shape index (κ1) is 9.92. The Balaban J connectivity index is 2.94. The van der Waals surface area contributed by atoms with Gasteiger partial charge in [0.05, 0.1) is 15.8 Å². The second-order valence-corrected chi connectivity index (χ2v) is 4.06. The number of carboxylic acid groups (broad SMARTS) is 1. The van der Waals surface area contributed by atoms with Crippen LogP contribution >= 0.6 is 11.3 Å². The van der Waals surface area contributed by atoms with Crippen molar-refractivity contribution in [1.29, 1.82) is 0 Å². The van der Waals surface area contributed by atoms with Crippen LogP contribution in [0.3, 0.4) is 0 Å². The largest absolute Gasteiger partial charge is 0.478 e. The molecule has 0 bridgehead atoms. The lowest BCUT2D eigenvalue weighted by atomic mass is 10.2. The Morgan fingerprint density at radius 2 is 2.27 bits per heavy atom. The van der Waals surface area contributed by atoms with Gasteiger partial charge in [-0.15, -0.1) is 0 Å². The number of hydrogen-bond acceptors (Lipinski definition) is 3. The predicted molar refractivity (Wildman–Crippen MR) is 58.7 cm³/mol. The molecular formula is C10H9NO3S. The molecule has 0 aliphatic heterocycles. The molecule has 1 aromatic carbocycles. The molecule has 2 rings (SSSR count). The summed E-state index contributed by atoms with van der Waals surface area (Å²) < 4.78 is 2.21. The Hall–Kier alpha value is -1.62. The van der Waals surface area contributed by atoms with Crippen molar-refractivity contribution in [3.05, 3.63) is 33.4 Å². The van der Waals surface area contributed by atoms with Crippen LogP contribution in [0.4, 0.5) is 0 Å². The van der Waals surface area contributed by atoms with Gasteiger partial charge in [0.1, 0.15) is 0 Å². The minimum Gasteiger partial charge on any atom is -0.478 e. The van der Waals surface area contributed by atoms with Gasteiger partial charge in [0.25, 0.3) is 0 Å². The molecule has 1 N–H and O–H groups in total. The molecule has 1 aromatic heterocycles. The van der Waals surface area contributed by atoms with Crippen LogP contribution in [0.15, 0.2) is 23.0 Å². The zero-order valence-electron chi connectivity index (χ0n) is 8.06. The van der Waals surface area contributed by atoms with Gasteiger partial charge in [0.15, 0.2) is 0 Å². The molecule has 0 spiro atoms. The molecule has 5 heteroatoms. The van der Waals surface area contributed by atoms with Crippen molar-refractivity contribution in [1.82, 2.24) is 4.57 Å². The Morgan fingerprint density at radius 1 is 1.53 bits per heavy atom. The number of aromatic carboxylic acids is 1. The van der Waals surface area contributed by atoms with Gasteiger partial charge < -0.3 is 5.11 Å². The van der Waals surface area contributed by atoms with E-state index in [0.29, 0.717) is 12.1 Å². The van der Waals surface area contributed by atoms with Gasteiger partial charge in [-0.25, -0.2) is 4.79 Å². The van der Waals surface area contributed by atoms with Gasteiger partial charge in [-0.05, 0) is 19.1 Å².